The Morgan fingerprint density at radius 2 is 1.81 bits per heavy atom. The van der Waals surface area contributed by atoms with Gasteiger partial charge in [-0.3, -0.25) is 4.98 Å². The molecular weight excluding hydrogens is 262 g/mol. The lowest BCUT2D eigenvalue weighted by Crippen LogP contribution is -1.97. The summed E-state index contributed by atoms with van der Waals surface area (Å²) in [7, 11) is 0. The summed E-state index contributed by atoms with van der Waals surface area (Å²) in [6, 6.07) is 9.73. The molecule has 1 aromatic heterocycles. The lowest BCUT2D eigenvalue weighted by atomic mass is 10.0. The minimum atomic E-state index is -0.319. The number of cyclic esters (lactones) is 1. The molecule has 0 amide bonds. The fourth-order valence-electron chi connectivity index (χ4n) is 2.17. The third-order valence-corrected chi connectivity index (χ3v) is 3.54. The highest BCUT2D eigenvalue weighted by Crippen LogP contribution is 2.28. The Balaban J connectivity index is 1.95. The molecule has 0 N–H and O–H groups in total. The summed E-state index contributed by atoms with van der Waals surface area (Å²) >= 11 is 0. The normalized spacial score (nSPS) is 16.0. The van der Waals surface area contributed by atoms with Crippen LogP contribution in [-0.4, -0.2) is 11.0 Å². The van der Waals surface area contributed by atoms with Crippen molar-refractivity contribution in [2.24, 2.45) is 0 Å². The molecule has 0 aliphatic carbocycles. The summed E-state index contributed by atoms with van der Waals surface area (Å²) in [5.74, 6) is 0.281. The van der Waals surface area contributed by atoms with Crippen molar-refractivity contribution < 1.29 is 9.53 Å². The number of carbonyl (C=O) groups excluding carboxylic acids is 1. The van der Waals surface area contributed by atoms with Gasteiger partial charge in [0.05, 0.1) is 5.57 Å². The van der Waals surface area contributed by atoms with Gasteiger partial charge in [0, 0.05) is 18.0 Å². The van der Waals surface area contributed by atoms with E-state index in [0.29, 0.717) is 11.3 Å². The van der Waals surface area contributed by atoms with Gasteiger partial charge in [-0.25, -0.2) is 4.79 Å². The molecule has 0 saturated carbocycles. The standard InChI is InChI=1S/C18H15NO2/c1-12-3-4-15(9-13(12)2)17-11-16(18(20)21-17)10-14-5-7-19-8-6-14/h3-11H,1-2H3/b16-10-. The number of ether oxygens (including phenoxy) is 1. The first-order chi connectivity index (χ1) is 10.1. The van der Waals surface area contributed by atoms with E-state index >= 15 is 0 Å². The average Bonchev–Trinajstić information content (AvgIpc) is 2.84. The van der Waals surface area contributed by atoms with Crippen LogP contribution in [0.5, 0.6) is 0 Å². The van der Waals surface area contributed by atoms with Crippen molar-refractivity contribution in [1.82, 2.24) is 4.98 Å². The van der Waals surface area contributed by atoms with Crippen LogP contribution >= 0.6 is 0 Å². The second kappa shape index (κ2) is 5.37. The van der Waals surface area contributed by atoms with Crippen LogP contribution in [-0.2, 0) is 9.53 Å². The van der Waals surface area contributed by atoms with Crippen molar-refractivity contribution in [1.29, 1.82) is 0 Å². The molecule has 104 valence electrons. The predicted octanol–water partition coefficient (Wildman–Crippen LogP) is 3.68. The maximum absolute atomic E-state index is 12.0. The zero-order valence-corrected chi connectivity index (χ0v) is 12.0. The van der Waals surface area contributed by atoms with Crippen LogP contribution in [0.3, 0.4) is 0 Å². The molecule has 1 aliphatic heterocycles. The monoisotopic (exact) mass is 277 g/mol. The largest absolute Gasteiger partial charge is 0.422 e. The SMILES string of the molecule is Cc1ccc(C2=C/C(=C/c3ccncc3)C(=O)O2)cc1C. The van der Waals surface area contributed by atoms with Crippen molar-refractivity contribution in [3.63, 3.8) is 0 Å². The quantitative estimate of drug-likeness (QED) is 0.621. The molecule has 0 unspecified atom stereocenters. The van der Waals surface area contributed by atoms with Gasteiger partial charge in [-0.05, 0) is 60.9 Å². The van der Waals surface area contributed by atoms with Crippen molar-refractivity contribution in [2.75, 3.05) is 0 Å². The zero-order valence-electron chi connectivity index (χ0n) is 12.0. The molecule has 2 aromatic rings. The topological polar surface area (TPSA) is 39.2 Å². The number of carbonyl (C=O) groups is 1. The maximum atomic E-state index is 12.0. The first-order valence-electron chi connectivity index (χ1n) is 6.77. The number of hydrogen-bond acceptors (Lipinski definition) is 3. The van der Waals surface area contributed by atoms with Gasteiger partial charge in [-0.1, -0.05) is 12.1 Å². The summed E-state index contributed by atoms with van der Waals surface area (Å²) < 4.78 is 5.37. The Labute approximate surface area is 123 Å². The van der Waals surface area contributed by atoms with E-state index in [2.05, 4.69) is 11.9 Å². The Bertz CT molecular complexity index is 758. The number of benzene rings is 1. The van der Waals surface area contributed by atoms with Crippen molar-refractivity contribution in [2.45, 2.75) is 13.8 Å². The first kappa shape index (κ1) is 13.3. The van der Waals surface area contributed by atoms with Crippen LogP contribution in [0, 0.1) is 13.8 Å². The fourth-order valence-corrected chi connectivity index (χ4v) is 2.17. The Kier molecular flexibility index (Phi) is 3.40. The molecule has 0 atom stereocenters. The minimum absolute atomic E-state index is 0.319. The van der Waals surface area contributed by atoms with E-state index in [9.17, 15) is 4.79 Å². The molecule has 2 heterocycles. The number of rotatable bonds is 2. The third-order valence-electron chi connectivity index (χ3n) is 3.54. The van der Waals surface area contributed by atoms with Crippen LogP contribution in [0.25, 0.3) is 11.8 Å². The van der Waals surface area contributed by atoms with E-state index in [0.717, 1.165) is 11.1 Å². The van der Waals surface area contributed by atoms with Gasteiger partial charge in [-0.2, -0.15) is 0 Å². The summed E-state index contributed by atoms with van der Waals surface area (Å²) in [5, 5.41) is 0. The van der Waals surface area contributed by atoms with Crippen LogP contribution < -0.4 is 0 Å². The first-order valence-corrected chi connectivity index (χ1v) is 6.77. The molecule has 1 aromatic carbocycles. The lowest BCUT2D eigenvalue weighted by Gasteiger charge is -2.05. The van der Waals surface area contributed by atoms with Gasteiger partial charge in [0.25, 0.3) is 0 Å². The number of hydrogen-bond donors (Lipinski definition) is 0. The Morgan fingerprint density at radius 1 is 1.05 bits per heavy atom. The number of aryl methyl sites for hydroxylation is 2. The van der Waals surface area contributed by atoms with E-state index < -0.39 is 0 Å². The van der Waals surface area contributed by atoms with Gasteiger partial charge in [-0.15, -0.1) is 0 Å². The lowest BCUT2D eigenvalue weighted by molar-refractivity contribution is -0.130. The van der Waals surface area contributed by atoms with E-state index in [1.54, 1.807) is 24.5 Å². The summed E-state index contributed by atoms with van der Waals surface area (Å²) in [6.45, 7) is 4.10. The molecule has 0 bridgehead atoms. The smallest absolute Gasteiger partial charge is 0.343 e. The molecule has 3 rings (SSSR count). The number of pyridine rings is 1. The minimum Gasteiger partial charge on any atom is -0.422 e. The van der Waals surface area contributed by atoms with Crippen LogP contribution in [0.1, 0.15) is 22.3 Å². The van der Waals surface area contributed by atoms with E-state index in [-0.39, 0.29) is 5.97 Å². The summed E-state index contributed by atoms with van der Waals surface area (Å²) in [6.07, 6.45) is 6.98. The van der Waals surface area contributed by atoms with Gasteiger partial charge in [0.15, 0.2) is 0 Å². The second-order valence-corrected chi connectivity index (χ2v) is 5.08. The highest BCUT2D eigenvalue weighted by atomic mass is 16.5. The molecule has 0 spiro atoms. The van der Waals surface area contributed by atoms with Crippen molar-refractivity contribution in [3.05, 3.63) is 76.6 Å². The molecular formula is C18H15NO2. The van der Waals surface area contributed by atoms with Crippen molar-refractivity contribution in [3.8, 4) is 0 Å². The highest BCUT2D eigenvalue weighted by molar-refractivity contribution is 6.05. The second-order valence-electron chi connectivity index (χ2n) is 5.08. The van der Waals surface area contributed by atoms with Crippen LogP contribution in [0.15, 0.2) is 54.4 Å². The number of nitrogens with zero attached hydrogens (tertiary/aromatic N) is 1. The van der Waals surface area contributed by atoms with Crippen molar-refractivity contribution >= 4 is 17.8 Å². The molecule has 3 heteroatoms. The number of aromatic nitrogens is 1. The van der Waals surface area contributed by atoms with Gasteiger partial charge in [0.1, 0.15) is 5.76 Å². The number of esters is 1. The predicted molar refractivity (Wildman–Crippen MR) is 82.2 cm³/mol. The van der Waals surface area contributed by atoms with E-state index in [1.807, 2.05) is 37.3 Å². The molecule has 0 saturated heterocycles. The zero-order chi connectivity index (χ0) is 14.8. The maximum Gasteiger partial charge on any atom is 0.343 e. The van der Waals surface area contributed by atoms with E-state index in [4.69, 9.17) is 4.74 Å². The fraction of sp³-hybridized carbons (Fsp3) is 0.111. The Morgan fingerprint density at radius 3 is 2.52 bits per heavy atom. The molecule has 3 nitrogen and oxygen atoms in total. The Hall–Kier alpha value is -2.68. The molecule has 1 aliphatic rings. The summed E-state index contributed by atoms with van der Waals surface area (Å²) in [5.41, 5.74) is 4.79. The van der Waals surface area contributed by atoms with Gasteiger partial charge < -0.3 is 4.74 Å². The van der Waals surface area contributed by atoms with Crippen LogP contribution in [0.4, 0.5) is 0 Å². The highest BCUT2D eigenvalue weighted by Gasteiger charge is 2.22. The average molecular weight is 277 g/mol. The van der Waals surface area contributed by atoms with Crippen LogP contribution in [0.2, 0.25) is 0 Å². The molecule has 0 fully saturated rings. The van der Waals surface area contributed by atoms with Gasteiger partial charge >= 0.3 is 5.97 Å². The van der Waals surface area contributed by atoms with Gasteiger partial charge in [0.2, 0.25) is 0 Å². The third kappa shape index (κ3) is 2.77. The summed E-state index contributed by atoms with van der Waals surface area (Å²) in [4.78, 5) is 15.9. The molecule has 21 heavy (non-hydrogen) atoms. The van der Waals surface area contributed by atoms with E-state index in [1.165, 1.54) is 11.1 Å². The molecule has 0 radical (unpaired) electrons.